The molecule has 0 aliphatic carbocycles. The maximum absolute atomic E-state index is 13.3. The van der Waals surface area contributed by atoms with Gasteiger partial charge in [0.2, 0.25) is 0 Å². The largest absolute Gasteiger partial charge is 0.387 e. The predicted molar refractivity (Wildman–Crippen MR) is 93.5 cm³/mol. The van der Waals surface area contributed by atoms with Crippen molar-refractivity contribution in [1.29, 1.82) is 0 Å². The van der Waals surface area contributed by atoms with Crippen LogP contribution in [0.5, 0.6) is 0 Å². The van der Waals surface area contributed by atoms with Crippen LogP contribution in [0.15, 0.2) is 24.3 Å². The number of halogens is 1. The first-order valence-corrected chi connectivity index (χ1v) is 8.82. The van der Waals surface area contributed by atoms with Crippen LogP contribution in [0, 0.1) is 5.82 Å². The first kappa shape index (κ1) is 18.0. The lowest BCUT2D eigenvalue weighted by Crippen LogP contribution is -2.47. The van der Waals surface area contributed by atoms with Crippen molar-refractivity contribution in [2.75, 3.05) is 32.7 Å². The minimum atomic E-state index is -0.659. The van der Waals surface area contributed by atoms with Gasteiger partial charge in [0, 0.05) is 46.2 Å². The third-order valence-corrected chi connectivity index (χ3v) is 4.87. The summed E-state index contributed by atoms with van der Waals surface area (Å²) in [5.74, 6) is 1.69. The SMILES string of the molecule is CCc1nnc(CN2CCN(C[C@@H](O)c3cccc(F)c3)CC2)n1C. The third kappa shape index (κ3) is 4.42. The van der Waals surface area contributed by atoms with Crippen molar-refractivity contribution in [1.82, 2.24) is 24.6 Å². The monoisotopic (exact) mass is 347 g/mol. The van der Waals surface area contributed by atoms with Gasteiger partial charge in [0.15, 0.2) is 0 Å². The van der Waals surface area contributed by atoms with E-state index < -0.39 is 6.10 Å². The molecule has 6 nitrogen and oxygen atoms in total. The topological polar surface area (TPSA) is 57.4 Å². The van der Waals surface area contributed by atoms with Crippen LogP contribution in [0.3, 0.4) is 0 Å². The van der Waals surface area contributed by atoms with Gasteiger partial charge in [-0.25, -0.2) is 4.39 Å². The lowest BCUT2D eigenvalue weighted by atomic mass is 10.1. The van der Waals surface area contributed by atoms with Gasteiger partial charge in [-0.05, 0) is 17.7 Å². The zero-order valence-corrected chi connectivity index (χ0v) is 14.9. The van der Waals surface area contributed by atoms with Crippen LogP contribution in [0.25, 0.3) is 0 Å². The first-order valence-electron chi connectivity index (χ1n) is 8.82. The number of aliphatic hydroxyl groups excluding tert-OH is 1. The van der Waals surface area contributed by atoms with E-state index >= 15 is 0 Å². The van der Waals surface area contributed by atoms with Crippen LogP contribution < -0.4 is 0 Å². The Morgan fingerprint density at radius 1 is 1.12 bits per heavy atom. The second kappa shape index (κ2) is 8.03. The minimum absolute atomic E-state index is 0.309. The Bertz CT molecular complexity index is 697. The lowest BCUT2D eigenvalue weighted by molar-refractivity contribution is 0.0688. The maximum Gasteiger partial charge on any atom is 0.146 e. The van der Waals surface area contributed by atoms with Gasteiger partial charge in [-0.15, -0.1) is 10.2 Å². The van der Waals surface area contributed by atoms with Gasteiger partial charge >= 0.3 is 0 Å². The summed E-state index contributed by atoms with van der Waals surface area (Å²) in [7, 11) is 2.01. The van der Waals surface area contributed by atoms with Crippen molar-refractivity contribution in [2.45, 2.75) is 26.0 Å². The van der Waals surface area contributed by atoms with E-state index in [4.69, 9.17) is 0 Å². The van der Waals surface area contributed by atoms with Crippen molar-refractivity contribution >= 4 is 0 Å². The molecule has 0 amide bonds. The zero-order valence-electron chi connectivity index (χ0n) is 14.9. The van der Waals surface area contributed by atoms with E-state index in [0.717, 1.165) is 50.8 Å². The quantitative estimate of drug-likeness (QED) is 0.855. The summed E-state index contributed by atoms with van der Waals surface area (Å²) < 4.78 is 15.3. The molecular weight excluding hydrogens is 321 g/mol. The molecule has 0 unspecified atom stereocenters. The number of aryl methyl sites for hydroxylation is 1. The summed E-state index contributed by atoms with van der Waals surface area (Å²) in [5, 5.41) is 18.8. The zero-order chi connectivity index (χ0) is 17.8. The van der Waals surface area contributed by atoms with Gasteiger partial charge < -0.3 is 9.67 Å². The maximum atomic E-state index is 13.3. The molecule has 25 heavy (non-hydrogen) atoms. The van der Waals surface area contributed by atoms with Crippen molar-refractivity contribution < 1.29 is 9.50 Å². The molecule has 1 N–H and O–H groups in total. The molecular formula is C18H26FN5O. The Kier molecular flexibility index (Phi) is 5.78. The second-order valence-corrected chi connectivity index (χ2v) is 6.59. The Balaban J connectivity index is 1.49. The number of aromatic nitrogens is 3. The van der Waals surface area contributed by atoms with Gasteiger partial charge in [0.1, 0.15) is 17.5 Å². The molecule has 0 saturated carbocycles. The average molecular weight is 347 g/mol. The smallest absolute Gasteiger partial charge is 0.146 e. The number of β-amino-alcohol motifs (C(OH)–C–C–N with tert-alkyl or cyclic N) is 1. The van der Waals surface area contributed by atoms with Gasteiger partial charge in [0.25, 0.3) is 0 Å². The Labute approximate surface area is 147 Å². The molecule has 0 spiro atoms. The summed E-state index contributed by atoms with van der Waals surface area (Å²) in [5.41, 5.74) is 0.633. The van der Waals surface area contributed by atoms with Crippen LogP contribution >= 0.6 is 0 Å². The molecule has 1 saturated heterocycles. The van der Waals surface area contributed by atoms with Crippen molar-refractivity contribution in [3.8, 4) is 0 Å². The van der Waals surface area contributed by atoms with E-state index in [1.165, 1.54) is 12.1 Å². The summed E-state index contributed by atoms with van der Waals surface area (Å²) in [6.45, 7) is 7.01. The van der Waals surface area contributed by atoms with Crippen LogP contribution in [0.4, 0.5) is 4.39 Å². The fourth-order valence-corrected chi connectivity index (χ4v) is 3.24. The molecule has 7 heteroatoms. The predicted octanol–water partition coefficient (Wildman–Crippen LogP) is 1.37. The molecule has 1 aromatic heterocycles. The standard InChI is InChI=1S/C18H26FN5O/c1-3-17-20-21-18(22(17)2)13-24-9-7-23(8-10-24)12-16(25)14-5-4-6-15(19)11-14/h4-6,11,16,25H,3,7-10,12-13H2,1-2H3/t16-/m1/s1. The van der Waals surface area contributed by atoms with Crippen molar-refractivity contribution in [2.24, 2.45) is 7.05 Å². The summed E-state index contributed by atoms with van der Waals surface area (Å²) in [6.07, 6.45) is 0.225. The molecule has 3 rings (SSSR count). The number of nitrogens with zero attached hydrogens (tertiary/aromatic N) is 5. The van der Waals surface area contributed by atoms with Crippen molar-refractivity contribution in [3.63, 3.8) is 0 Å². The molecule has 1 fully saturated rings. The number of hydrogen-bond donors (Lipinski definition) is 1. The number of aliphatic hydroxyl groups is 1. The second-order valence-electron chi connectivity index (χ2n) is 6.59. The molecule has 2 heterocycles. The Hall–Kier alpha value is -1.83. The highest BCUT2D eigenvalue weighted by Gasteiger charge is 2.21. The number of piperazine rings is 1. The van der Waals surface area contributed by atoms with Crippen LogP contribution in [0.2, 0.25) is 0 Å². The van der Waals surface area contributed by atoms with Gasteiger partial charge in [-0.1, -0.05) is 19.1 Å². The van der Waals surface area contributed by atoms with Crippen molar-refractivity contribution in [3.05, 3.63) is 47.3 Å². The Morgan fingerprint density at radius 3 is 2.44 bits per heavy atom. The van der Waals surface area contributed by atoms with E-state index in [1.54, 1.807) is 12.1 Å². The highest BCUT2D eigenvalue weighted by Crippen LogP contribution is 2.17. The number of hydrogen-bond acceptors (Lipinski definition) is 5. The first-order chi connectivity index (χ1) is 12.1. The van der Waals surface area contributed by atoms with E-state index in [2.05, 4.69) is 31.5 Å². The van der Waals surface area contributed by atoms with E-state index in [0.29, 0.717) is 12.1 Å². The number of benzene rings is 1. The molecule has 0 bridgehead atoms. The van der Waals surface area contributed by atoms with E-state index in [-0.39, 0.29) is 5.82 Å². The lowest BCUT2D eigenvalue weighted by Gasteiger charge is -2.35. The van der Waals surface area contributed by atoms with Gasteiger partial charge in [-0.2, -0.15) is 0 Å². The fraction of sp³-hybridized carbons (Fsp3) is 0.556. The molecule has 2 aromatic rings. The third-order valence-electron chi connectivity index (χ3n) is 4.87. The van der Waals surface area contributed by atoms with E-state index in [1.807, 2.05) is 7.05 Å². The van der Waals surface area contributed by atoms with Crippen LogP contribution in [-0.2, 0) is 20.0 Å². The molecule has 1 atom stereocenters. The highest BCUT2D eigenvalue weighted by atomic mass is 19.1. The molecule has 1 aliphatic rings. The summed E-state index contributed by atoms with van der Waals surface area (Å²) in [6, 6.07) is 6.20. The van der Waals surface area contributed by atoms with E-state index in [9.17, 15) is 9.50 Å². The fourth-order valence-electron chi connectivity index (χ4n) is 3.24. The average Bonchev–Trinajstić information content (AvgIpc) is 2.96. The van der Waals surface area contributed by atoms with Gasteiger partial charge in [0.05, 0.1) is 12.6 Å². The highest BCUT2D eigenvalue weighted by molar-refractivity contribution is 5.19. The minimum Gasteiger partial charge on any atom is -0.387 e. The molecule has 136 valence electrons. The molecule has 1 aliphatic heterocycles. The molecule has 1 aromatic carbocycles. The summed E-state index contributed by atoms with van der Waals surface area (Å²) in [4.78, 5) is 4.58. The van der Waals surface area contributed by atoms with Crippen LogP contribution in [0.1, 0.15) is 30.2 Å². The normalized spacial score (nSPS) is 17.8. The van der Waals surface area contributed by atoms with Gasteiger partial charge in [-0.3, -0.25) is 9.80 Å². The van der Waals surface area contributed by atoms with Crippen LogP contribution in [-0.4, -0.2) is 62.4 Å². The summed E-state index contributed by atoms with van der Waals surface area (Å²) >= 11 is 0. The molecule has 0 radical (unpaired) electrons. The number of rotatable bonds is 6. The Morgan fingerprint density at radius 2 is 1.80 bits per heavy atom.